The molecule has 1 aromatic rings. The lowest BCUT2D eigenvalue weighted by Crippen LogP contribution is -2.32. The van der Waals surface area contributed by atoms with Crippen molar-refractivity contribution in [3.63, 3.8) is 0 Å². The summed E-state index contributed by atoms with van der Waals surface area (Å²) < 4.78 is 38.0. The average molecular weight is 289 g/mol. The van der Waals surface area contributed by atoms with Crippen LogP contribution in [-0.2, 0) is 14.9 Å². The van der Waals surface area contributed by atoms with Crippen molar-refractivity contribution in [3.8, 4) is 5.75 Å². The van der Waals surface area contributed by atoms with Crippen molar-refractivity contribution in [2.45, 2.75) is 0 Å². The molecule has 0 radical (unpaired) electrons. The first-order valence-corrected chi connectivity index (χ1v) is 7.25. The van der Waals surface area contributed by atoms with Crippen LogP contribution in [0.3, 0.4) is 0 Å². The van der Waals surface area contributed by atoms with E-state index < -0.39 is 10.2 Å². The molecule has 0 amide bonds. The summed E-state index contributed by atoms with van der Waals surface area (Å²) >= 11 is 0. The summed E-state index contributed by atoms with van der Waals surface area (Å²) in [4.78, 5) is 0. The van der Waals surface area contributed by atoms with Crippen molar-refractivity contribution in [1.29, 1.82) is 0 Å². The largest absolute Gasteiger partial charge is 0.492 e. The number of nitrogens with one attached hydrogen (secondary N) is 2. The predicted molar refractivity (Wildman–Crippen MR) is 73.4 cm³/mol. The molecule has 0 spiro atoms. The van der Waals surface area contributed by atoms with Gasteiger partial charge in [0, 0.05) is 25.9 Å². The first-order chi connectivity index (χ1) is 9.07. The maximum atomic E-state index is 11.6. The van der Waals surface area contributed by atoms with Crippen molar-refractivity contribution in [3.05, 3.63) is 24.3 Å². The van der Waals surface area contributed by atoms with Gasteiger partial charge in [0.25, 0.3) is 10.2 Å². The Morgan fingerprint density at radius 1 is 1.21 bits per heavy atom. The third-order valence-corrected chi connectivity index (χ3v) is 3.18. The number of hydrogen-bond donors (Lipinski definition) is 3. The van der Waals surface area contributed by atoms with Gasteiger partial charge in [0.15, 0.2) is 0 Å². The maximum Gasteiger partial charge on any atom is 0.299 e. The highest BCUT2D eigenvalue weighted by Gasteiger charge is 2.08. The normalized spacial score (nSPS) is 11.3. The minimum absolute atomic E-state index is 0.212. The van der Waals surface area contributed by atoms with Gasteiger partial charge in [-0.05, 0) is 24.3 Å². The molecular weight excluding hydrogens is 270 g/mol. The van der Waals surface area contributed by atoms with E-state index in [9.17, 15) is 8.42 Å². The highest BCUT2D eigenvalue weighted by atomic mass is 32.2. The van der Waals surface area contributed by atoms with E-state index in [1.807, 2.05) is 0 Å². The van der Waals surface area contributed by atoms with Crippen LogP contribution in [0.15, 0.2) is 24.3 Å². The molecule has 108 valence electrons. The number of methoxy groups -OCH3 is 1. The van der Waals surface area contributed by atoms with Crippen molar-refractivity contribution in [1.82, 2.24) is 4.72 Å². The third kappa shape index (κ3) is 6.39. The van der Waals surface area contributed by atoms with Gasteiger partial charge in [-0.3, -0.25) is 4.72 Å². The van der Waals surface area contributed by atoms with E-state index in [1.54, 1.807) is 24.3 Å². The minimum atomic E-state index is -3.58. The molecule has 0 saturated heterocycles. The standard InChI is InChI=1S/C11H19N3O4S/c1-17-9-7-13-19(15,16)14-10-2-4-11(5-3-10)18-8-6-12/h2-5,13-14H,6-9,12H2,1H3. The summed E-state index contributed by atoms with van der Waals surface area (Å²) in [6.45, 7) is 1.37. The van der Waals surface area contributed by atoms with Gasteiger partial charge >= 0.3 is 0 Å². The Balaban J connectivity index is 2.52. The molecule has 0 saturated carbocycles. The molecule has 1 rings (SSSR count). The number of hydrogen-bond acceptors (Lipinski definition) is 5. The predicted octanol–water partition coefficient (Wildman–Crippen LogP) is -0.0832. The molecule has 0 heterocycles. The van der Waals surface area contributed by atoms with Crippen LogP contribution >= 0.6 is 0 Å². The summed E-state index contributed by atoms with van der Waals surface area (Å²) in [5.74, 6) is 0.640. The summed E-state index contributed by atoms with van der Waals surface area (Å²) in [7, 11) is -2.08. The summed E-state index contributed by atoms with van der Waals surface area (Å²) in [6, 6.07) is 6.56. The van der Waals surface area contributed by atoms with E-state index >= 15 is 0 Å². The number of anilines is 1. The summed E-state index contributed by atoms with van der Waals surface area (Å²) in [5.41, 5.74) is 5.76. The minimum Gasteiger partial charge on any atom is -0.492 e. The van der Waals surface area contributed by atoms with Crippen LogP contribution in [0.4, 0.5) is 5.69 Å². The van der Waals surface area contributed by atoms with Gasteiger partial charge < -0.3 is 15.2 Å². The van der Waals surface area contributed by atoms with Gasteiger partial charge in [-0.1, -0.05) is 0 Å². The fourth-order valence-electron chi connectivity index (χ4n) is 1.27. The van der Waals surface area contributed by atoms with E-state index in [-0.39, 0.29) is 6.54 Å². The molecule has 19 heavy (non-hydrogen) atoms. The Labute approximate surface area is 113 Å². The first-order valence-electron chi connectivity index (χ1n) is 5.76. The van der Waals surface area contributed by atoms with E-state index in [2.05, 4.69) is 9.44 Å². The molecule has 1 aromatic carbocycles. The maximum absolute atomic E-state index is 11.6. The smallest absolute Gasteiger partial charge is 0.299 e. The fourth-order valence-corrected chi connectivity index (χ4v) is 2.14. The molecule has 8 heteroatoms. The van der Waals surface area contributed by atoms with Crippen molar-refractivity contribution in [2.75, 3.05) is 38.1 Å². The van der Waals surface area contributed by atoms with Crippen LogP contribution in [0.5, 0.6) is 5.75 Å². The Kier molecular flexibility index (Phi) is 6.57. The number of rotatable bonds is 9. The molecule has 7 nitrogen and oxygen atoms in total. The van der Waals surface area contributed by atoms with Gasteiger partial charge in [0.2, 0.25) is 0 Å². The SMILES string of the molecule is COCCNS(=O)(=O)Nc1ccc(OCCN)cc1. The third-order valence-electron chi connectivity index (χ3n) is 2.09. The van der Waals surface area contributed by atoms with Crippen molar-refractivity contribution in [2.24, 2.45) is 5.73 Å². The molecule has 0 fully saturated rings. The van der Waals surface area contributed by atoms with E-state index in [1.165, 1.54) is 7.11 Å². The van der Waals surface area contributed by atoms with E-state index in [0.29, 0.717) is 31.2 Å². The Bertz CT molecular complexity index is 461. The summed E-state index contributed by atoms with van der Waals surface area (Å²) in [5, 5.41) is 0. The number of nitrogens with two attached hydrogens (primary N) is 1. The Morgan fingerprint density at radius 3 is 2.47 bits per heavy atom. The molecule has 4 N–H and O–H groups in total. The van der Waals surface area contributed by atoms with Crippen LogP contribution in [0, 0.1) is 0 Å². The average Bonchev–Trinajstić information content (AvgIpc) is 2.38. The van der Waals surface area contributed by atoms with E-state index in [4.69, 9.17) is 15.2 Å². The van der Waals surface area contributed by atoms with E-state index in [0.717, 1.165) is 0 Å². The fraction of sp³-hybridized carbons (Fsp3) is 0.455. The highest BCUT2D eigenvalue weighted by molar-refractivity contribution is 7.90. The second-order valence-corrected chi connectivity index (χ2v) is 5.15. The van der Waals surface area contributed by atoms with Crippen LogP contribution < -0.4 is 19.9 Å². The topological polar surface area (TPSA) is 103 Å². The van der Waals surface area contributed by atoms with Gasteiger partial charge in [-0.25, -0.2) is 0 Å². The second-order valence-electron chi connectivity index (χ2n) is 3.65. The number of ether oxygens (including phenoxy) is 2. The van der Waals surface area contributed by atoms with Crippen LogP contribution in [-0.4, -0.2) is 41.8 Å². The zero-order valence-corrected chi connectivity index (χ0v) is 11.6. The zero-order valence-electron chi connectivity index (χ0n) is 10.8. The number of benzene rings is 1. The lowest BCUT2D eigenvalue weighted by atomic mass is 10.3. The van der Waals surface area contributed by atoms with Gasteiger partial charge in [0.1, 0.15) is 12.4 Å². The van der Waals surface area contributed by atoms with Crippen LogP contribution in [0.25, 0.3) is 0 Å². The molecular formula is C11H19N3O4S. The first kappa shape index (κ1) is 15.7. The molecule has 0 atom stereocenters. The molecule has 0 aromatic heterocycles. The Hall–Kier alpha value is -1.35. The van der Waals surface area contributed by atoms with Gasteiger partial charge in [0.05, 0.1) is 6.61 Å². The zero-order chi connectivity index (χ0) is 14.1. The molecule has 0 aliphatic carbocycles. The lowest BCUT2D eigenvalue weighted by Gasteiger charge is -2.10. The highest BCUT2D eigenvalue weighted by Crippen LogP contribution is 2.16. The molecule has 0 aliphatic rings. The monoisotopic (exact) mass is 289 g/mol. The lowest BCUT2D eigenvalue weighted by molar-refractivity contribution is 0.204. The second kappa shape index (κ2) is 7.95. The summed E-state index contributed by atoms with van der Waals surface area (Å²) in [6.07, 6.45) is 0. The van der Waals surface area contributed by atoms with Crippen molar-refractivity contribution >= 4 is 15.9 Å². The van der Waals surface area contributed by atoms with Crippen molar-refractivity contribution < 1.29 is 17.9 Å². The molecule has 0 aliphatic heterocycles. The quantitative estimate of drug-likeness (QED) is 0.552. The van der Waals surface area contributed by atoms with Gasteiger partial charge in [-0.15, -0.1) is 0 Å². The van der Waals surface area contributed by atoms with Crippen LogP contribution in [0.2, 0.25) is 0 Å². The van der Waals surface area contributed by atoms with Crippen LogP contribution in [0.1, 0.15) is 0 Å². The molecule has 0 unspecified atom stereocenters. The Morgan fingerprint density at radius 2 is 1.89 bits per heavy atom. The molecule has 0 bridgehead atoms. The van der Waals surface area contributed by atoms with Gasteiger partial charge in [-0.2, -0.15) is 13.1 Å².